The summed E-state index contributed by atoms with van der Waals surface area (Å²) < 4.78 is 0. The van der Waals surface area contributed by atoms with Crippen LogP contribution in [0.1, 0.15) is 30.9 Å². The normalized spacial score (nSPS) is 28.1. The highest BCUT2D eigenvalue weighted by Gasteiger charge is 2.41. The van der Waals surface area contributed by atoms with Gasteiger partial charge in [0.2, 0.25) is 5.91 Å². The Hall–Kier alpha value is -0.850. The van der Waals surface area contributed by atoms with Crippen LogP contribution in [0.25, 0.3) is 0 Å². The van der Waals surface area contributed by atoms with Crippen molar-refractivity contribution in [1.29, 1.82) is 0 Å². The molecule has 0 aromatic heterocycles. The van der Waals surface area contributed by atoms with Gasteiger partial charge in [0.1, 0.15) is 0 Å². The van der Waals surface area contributed by atoms with E-state index >= 15 is 0 Å². The minimum atomic E-state index is -0.0538. The third-order valence-corrected chi connectivity index (χ3v) is 6.25. The third-order valence-electron chi connectivity index (χ3n) is 6.00. The quantitative estimate of drug-likeness (QED) is 0.730. The molecule has 3 aliphatic heterocycles. The van der Waals surface area contributed by atoms with E-state index in [1.54, 1.807) is 0 Å². The lowest BCUT2D eigenvalue weighted by Gasteiger charge is -2.40. The molecular weight excluding hydrogens is 359 g/mol. The lowest BCUT2D eigenvalue weighted by Crippen LogP contribution is -2.47. The molecule has 1 spiro atoms. The minimum Gasteiger partial charge on any atom is -0.342 e. The van der Waals surface area contributed by atoms with Crippen molar-refractivity contribution in [2.45, 2.75) is 25.3 Å². The average Bonchev–Trinajstić information content (AvgIpc) is 3.26. The first-order valence-corrected chi connectivity index (χ1v) is 9.28. The number of halogens is 2. The SMILES string of the molecule is Cl.O=C(C1CNNC1c1ccc(Cl)cc1)N1CCC2(CCNC2)CC1. The number of nitrogens with zero attached hydrogens (tertiary/aromatic N) is 1. The fourth-order valence-electron chi connectivity index (χ4n) is 4.37. The Bertz CT molecular complexity index is 594. The van der Waals surface area contributed by atoms with Gasteiger partial charge in [0, 0.05) is 31.2 Å². The highest BCUT2D eigenvalue weighted by Crippen LogP contribution is 2.38. The van der Waals surface area contributed by atoms with Crippen LogP contribution in [-0.4, -0.2) is 43.5 Å². The number of likely N-dealkylation sites (tertiary alicyclic amines) is 1. The molecule has 3 aliphatic rings. The summed E-state index contributed by atoms with van der Waals surface area (Å²) >= 11 is 5.98. The Labute approximate surface area is 160 Å². The average molecular weight is 385 g/mol. The third kappa shape index (κ3) is 3.81. The van der Waals surface area contributed by atoms with Gasteiger partial charge in [-0.05, 0) is 48.9 Å². The molecule has 2 unspecified atom stereocenters. The van der Waals surface area contributed by atoms with Crippen LogP contribution in [0.5, 0.6) is 0 Å². The summed E-state index contributed by atoms with van der Waals surface area (Å²) in [6.45, 7) is 4.71. The molecule has 5 nitrogen and oxygen atoms in total. The summed E-state index contributed by atoms with van der Waals surface area (Å²) in [4.78, 5) is 15.1. The number of carbonyl (C=O) groups is 1. The number of amides is 1. The Balaban J connectivity index is 0.00000182. The van der Waals surface area contributed by atoms with Crippen LogP contribution < -0.4 is 16.2 Å². The Morgan fingerprint density at radius 2 is 1.88 bits per heavy atom. The molecule has 4 rings (SSSR count). The minimum absolute atomic E-state index is 0. The number of benzene rings is 1. The predicted molar refractivity (Wildman–Crippen MR) is 102 cm³/mol. The van der Waals surface area contributed by atoms with Crippen LogP contribution in [-0.2, 0) is 4.79 Å². The van der Waals surface area contributed by atoms with Crippen molar-refractivity contribution in [2.24, 2.45) is 11.3 Å². The van der Waals surface area contributed by atoms with E-state index in [9.17, 15) is 4.79 Å². The molecule has 2 atom stereocenters. The van der Waals surface area contributed by atoms with E-state index in [0.717, 1.165) is 49.6 Å². The molecule has 1 amide bonds. The van der Waals surface area contributed by atoms with Crippen molar-refractivity contribution in [3.8, 4) is 0 Å². The standard InChI is InChI=1S/C18H25ClN4O.ClH/c19-14-3-1-13(2-4-14)16-15(11-21-22-16)17(24)23-9-6-18(7-10-23)5-8-20-12-18;/h1-4,15-16,20-22H,5-12H2;1H. The first kappa shape index (κ1) is 18.9. The van der Waals surface area contributed by atoms with Crippen molar-refractivity contribution in [2.75, 3.05) is 32.7 Å². The largest absolute Gasteiger partial charge is 0.342 e. The summed E-state index contributed by atoms with van der Waals surface area (Å²) in [5, 5.41) is 4.20. The van der Waals surface area contributed by atoms with Crippen LogP contribution in [0.15, 0.2) is 24.3 Å². The van der Waals surface area contributed by atoms with Crippen LogP contribution in [0.4, 0.5) is 0 Å². The maximum atomic E-state index is 13.1. The zero-order valence-electron chi connectivity index (χ0n) is 14.3. The van der Waals surface area contributed by atoms with E-state index in [0.29, 0.717) is 12.0 Å². The molecular formula is C18H26Cl2N4O. The second-order valence-corrected chi connectivity index (χ2v) is 7.85. The monoisotopic (exact) mass is 384 g/mol. The second kappa shape index (κ2) is 7.80. The molecule has 7 heteroatoms. The number of hydrogen-bond donors (Lipinski definition) is 3. The van der Waals surface area contributed by atoms with Gasteiger partial charge < -0.3 is 10.2 Å². The zero-order chi connectivity index (χ0) is 16.6. The number of nitrogens with one attached hydrogen (secondary N) is 3. The van der Waals surface area contributed by atoms with Crippen molar-refractivity contribution in [3.05, 3.63) is 34.9 Å². The van der Waals surface area contributed by atoms with Crippen molar-refractivity contribution >= 4 is 29.9 Å². The summed E-state index contributed by atoms with van der Waals surface area (Å²) in [5.41, 5.74) is 7.97. The van der Waals surface area contributed by atoms with Gasteiger partial charge in [0.05, 0.1) is 12.0 Å². The second-order valence-electron chi connectivity index (χ2n) is 7.41. The molecule has 3 N–H and O–H groups in total. The molecule has 0 aliphatic carbocycles. The molecule has 3 saturated heterocycles. The number of hydrogen-bond acceptors (Lipinski definition) is 4. The van der Waals surface area contributed by atoms with E-state index in [1.165, 1.54) is 6.42 Å². The molecule has 3 fully saturated rings. The molecule has 138 valence electrons. The zero-order valence-corrected chi connectivity index (χ0v) is 15.8. The molecule has 0 bridgehead atoms. The number of piperidine rings is 1. The van der Waals surface area contributed by atoms with Crippen molar-refractivity contribution in [1.82, 2.24) is 21.1 Å². The van der Waals surface area contributed by atoms with Gasteiger partial charge in [-0.3, -0.25) is 10.2 Å². The van der Waals surface area contributed by atoms with Crippen molar-refractivity contribution < 1.29 is 4.79 Å². The summed E-state index contributed by atoms with van der Waals surface area (Å²) in [6, 6.07) is 7.79. The Morgan fingerprint density at radius 3 is 2.52 bits per heavy atom. The first-order chi connectivity index (χ1) is 11.7. The van der Waals surface area contributed by atoms with Gasteiger partial charge in [-0.1, -0.05) is 23.7 Å². The molecule has 0 saturated carbocycles. The first-order valence-electron chi connectivity index (χ1n) is 8.90. The van der Waals surface area contributed by atoms with Gasteiger partial charge in [0.25, 0.3) is 0 Å². The van der Waals surface area contributed by atoms with Crippen molar-refractivity contribution in [3.63, 3.8) is 0 Å². The Kier molecular flexibility index (Phi) is 5.91. The van der Waals surface area contributed by atoms with E-state index in [1.807, 2.05) is 24.3 Å². The van der Waals surface area contributed by atoms with Crippen LogP contribution >= 0.6 is 24.0 Å². The highest BCUT2D eigenvalue weighted by atomic mass is 35.5. The molecule has 1 aromatic carbocycles. The predicted octanol–water partition coefficient (Wildman–Crippen LogP) is 2.13. The highest BCUT2D eigenvalue weighted by molar-refractivity contribution is 6.30. The lowest BCUT2D eigenvalue weighted by atomic mass is 9.77. The van der Waals surface area contributed by atoms with Gasteiger partial charge in [-0.2, -0.15) is 0 Å². The summed E-state index contributed by atoms with van der Waals surface area (Å²) in [6.07, 6.45) is 3.52. The smallest absolute Gasteiger partial charge is 0.229 e. The van der Waals surface area contributed by atoms with Gasteiger partial charge >= 0.3 is 0 Å². The summed E-state index contributed by atoms with van der Waals surface area (Å²) in [5.74, 6) is 0.218. The van der Waals surface area contributed by atoms with E-state index in [2.05, 4.69) is 21.1 Å². The lowest BCUT2D eigenvalue weighted by molar-refractivity contribution is -0.137. The fraction of sp³-hybridized carbons (Fsp3) is 0.611. The van der Waals surface area contributed by atoms with Gasteiger partial charge in [-0.15, -0.1) is 12.4 Å². The molecule has 25 heavy (non-hydrogen) atoms. The number of hydrazine groups is 1. The topological polar surface area (TPSA) is 56.4 Å². The van der Waals surface area contributed by atoms with Crippen LogP contribution in [0, 0.1) is 11.3 Å². The number of carbonyl (C=O) groups excluding carboxylic acids is 1. The molecule has 3 heterocycles. The van der Waals surface area contributed by atoms with Gasteiger partial charge in [0.15, 0.2) is 0 Å². The van der Waals surface area contributed by atoms with Crippen LogP contribution in [0.2, 0.25) is 5.02 Å². The fourth-order valence-corrected chi connectivity index (χ4v) is 4.50. The molecule has 0 radical (unpaired) electrons. The van der Waals surface area contributed by atoms with E-state index in [-0.39, 0.29) is 30.3 Å². The maximum absolute atomic E-state index is 13.1. The summed E-state index contributed by atoms with van der Waals surface area (Å²) in [7, 11) is 0. The van der Waals surface area contributed by atoms with Crippen LogP contribution in [0.3, 0.4) is 0 Å². The van der Waals surface area contributed by atoms with E-state index < -0.39 is 0 Å². The molecule has 1 aromatic rings. The number of rotatable bonds is 2. The Morgan fingerprint density at radius 1 is 1.16 bits per heavy atom. The maximum Gasteiger partial charge on any atom is 0.229 e. The van der Waals surface area contributed by atoms with Gasteiger partial charge in [-0.25, -0.2) is 5.43 Å². The van der Waals surface area contributed by atoms with E-state index in [4.69, 9.17) is 11.6 Å².